The van der Waals surface area contributed by atoms with Gasteiger partial charge in [-0.25, -0.2) is 0 Å². The lowest BCUT2D eigenvalue weighted by molar-refractivity contribution is 0.590. The van der Waals surface area contributed by atoms with Crippen LogP contribution in [0.5, 0.6) is 0 Å². The summed E-state index contributed by atoms with van der Waals surface area (Å²) in [4.78, 5) is 0. The quantitative estimate of drug-likeness (QED) is 0.356. The molecule has 0 aromatic heterocycles. The Morgan fingerprint density at radius 3 is 1.96 bits per heavy atom. The Hall–Kier alpha value is -2.86. The highest BCUT2D eigenvalue weighted by Crippen LogP contribution is 2.32. The Morgan fingerprint density at radius 1 is 0.538 bits per heavy atom. The van der Waals surface area contributed by atoms with Crippen LogP contribution < -0.4 is 0 Å². The first-order valence-electron chi connectivity index (χ1n) is 9.21. The molecule has 0 bridgehead atoms. The molecule has 0 radical (unpaired) electrons. The molecule has 0 saturated carbocycles. The van der Waals surface area contributed by atoms with Gasteiger partial charge in [0.05, 0.1) is 0 Å². The molecule has 0 spiro atoms. The van der Waals surface area contributed by atoms with Crippen molar-refractivity contribution in [2.24, 2.45) is 0 Å². The van der Waals surface area contributed by atoms with E-state index in [1.165, 1.54) is 38.6 Å². The summed E-state index contributed by atoms with van der Waals surface area (Å²) >= 11 is 0. The minimum Gasteiger partial charge on any atom is -0.0616 e. The van der Waals surface area contributed by atoms with Crippen molar-refractivity contribution in [1.29, 1.82) is 0 Å². The average molecular weight is 336 g/mol. The molecule has 0 saturated heterocycles. The van der Waals surface area contributed by atoms with Gasteiger partial charge in [-0.05, 0) is 50.1 Å². The lowest BCUT2D eigenvalue weighted by Gasteiger charge is -2.19. The van der Waals surface area contributed by atoms with Crippen molar-refractivity contribution in [2.75, 3.05) is 0 Å². The van der Waals surface area contributed by atoms with E-state index >= 15 is 0 Å². The van der Waals surface area contributed by atoms with Gasteiger partial charge in [-0.15, -0.1) is 0 Å². The number of hydrogen-bond donors (Lipinski definition) is 0. The first-order valence-corrected chi connectivity index (χ1v) is 9.21. The maximum absolute atomic E-state index is 2.30. The zero-order valence-corrected chi connectivity index (χ0v) is 15.7. The molecule has 0 atom stereocenters. The Kier molecular flexibility index (Phi) is 4.12. The molecule has 0 N–H and O–H groups in total. The Labute approximate surface area is 156 Å². The van der Waals surface area contributed by atoms with Crippen molar-refractivity contribution in [2.45, 2.75) is 26.2 Å². The molecule has 128 valence electrons. The van der Waals surface area contributed by atoms with Gasteiger partial charge in [0.15, 0.2) is 0 Å². The molecule has 4 aromatic carbocycles. The number of rotatable bonds is 2. The van der Waals surface area contributed by atoms with Crippen molar-refractivity contribution >= 4 is 10.8 Å². The minimum absolute atomic E-state index is 0.184. The van der Waals surface area contributed by atoms with E-state index in [4.69, 9.17) is 0 Å². The molecule has 0 heterocycles. The van der Waals surface area contributed by atoms with Crippen LogP contribution in [-0.2, 0) is 5.41 Å². The van der Waals surface area contributed by atoms with Crippen LogP contribution in [0.2, 0.25) is 0 Å². The van der Waals surface area contributed by atoms with Crippen molar-refractivity contribution in [1.82, 2.24) is 0 Å². The van der Waals surface area contributed by atoms with E-state index in [1.54, 1.807) is 0 Å². The van der Waals surface area contributed by atoms with Crippen molar-refractivity contribution < 1.29 is 0 Å². The maximum atomic E-state index is 2.30. The lowest BCUT2D eigenvalue weighted by Crippen LogP contribution is -2.10. The molecular formula is C26H24. The predicted molar refractivity (Wildman–Crippen MR) is 114 cm³/mol. The normalized spacial score (nSPS) is 11.7. The molecule has 0 aliphatic heterocycles. The molecule has 26 heavy (non-hydrogen) atoms. The molecule has 0 nitrogen and oxygen atoms in total. The second-order valence-electron chi connectivity index (χ2n) is 7.93. The smallest absolute Gasteiger partial charge is 0.0105 e. The van der Waals surface area contributed by atoms with Crippen molar-refractivity contribution in [3.8, 4) is 22.3 Å². The van der Waals surface area contributed by atoms with E-state index in [1.807, 2.05) is 0 Å². The summed E-state index contributed by atoms with van der Waals surface area (Å²) < 4.78 is 0. The fraction of sp³-hybridized carbons (Fsp3) is 0.154. The van der Waals surface area contributed by atoms with Crippen LogP contribution >= 0.6 is 0 Å². The number of fused-ring (bicyclic) bond motifs is 1. The standard InChI is InChI=1S/C26H24/c1-26(2,3)23-16-14-19(15-17-23)21-10-6-11-22(18-21)25-13-7-9-20-8-4-5-12-24(20)25/h4-18H,1-3H3. The molecule has 0 aliphatic rings. The highest BCUT2D eigenvalue weighted by atomic mass is 14.2. The zero-order valence-electron chi connectivity index (χ0n) is 15.7. The lowest BCUT2D eigenvalue weighted by atomic mass is 9.86. The minimum atomic E-state index is 0.184. The number of benzene rings is 4. The highest BCUT2D eigenvalue weighted by molar-refractivity contribution is 5.97. The molecule has 0 aliphatic carbocycles. The van der Waals surface area contributed by atoms with E-state index in [2.05, 4.69) is 112 Å². The third-order valence-electron chi connectivity index (χ3n) is 5.05. The van der Waals surface area contributed by atoms with Crippen LogP contribution in [-0.4, -0.2) is 0 Å². The summed E-state index contributed by atoms with van der Waals surface area (Å²) in [6.07, 6.45) is 0. The third-order valence-corrected chi connectivity index (χ3v) is 5.05. The summed E-state index contributed by atoms with van der Waals surface area (Å²) in [6, 6.07) is 32.9. The first kappa shape index (κ1) is 16.6. The topological polar surface area (TPSA) is 0 Å². The number of hydrogen-bond acceptors (Lipinski definition) is 0. The molecule has 0 fully saturated rings. The van der Waals surface area contributed by atoms with Gasteiger partial charge in [0.25, 0.3) is 0 Å². The second-order valence-corrected chi connectivity index (χ2v) is 7.93. The van der Waals surface area contributed by atoms with Gasteiger partial charge in [-0.1, -0.05) is 106 Å². The second kappa shape index (κ2) is 6.46. The summed E-state index contributed by atoms with van der Waals surface area (Å²) in [7, 11) is 0. The Bertz CT molecular complexity index is 1040. The Balaban J connectivity index is 1.77. The molecule has 4 aromatic rings. The van der Waals surface area contributed by atoms with Crippen molar-refractivity contribution in [3.63, 3.8) is 0 Å². The zero-order chi connectivity index (χ0) is 18.1. The molecule has 0 unspecified atom stereocenters. The van der Waals surface area contributed by atoms with Gasteiger partial charge < -0.3 is 0 Å². The van der Waals surface area contributed by atoms with E-state index in [-0.39, 0.29) is 5.41 Å². The van der Waals surface area contributed by atoms with Gasteiger partial charge in [-0.3, -0.25) is 0 Å². The van der Waals surface area contributed by atoms with Crippen LogP contribution in [0, 0.1) is 0 Å². The molecule has 0 amide bonds. The van der Waals surface area contributed by atoms with Crippen LogP contribution in [0.25, 0.3) is 33.0 Å². The van der Waals surface area contributed by atoms with E-state index in [0.717, 1.165) is 0 Å². The fourth-order valence-corrected chi connectivity index (χ4v) is 3.51. The van der Waals surface area contributed by atoms with E-state index in [9.17, 15) is 0 Å². The predicted octanol–water partition coefficient (Wildman–Crippen LogP) is 7.47. The monoisotopic (exact) mass is 336 g/mol. The fourth-order valence-electron chi connectivity index (χ4n) is 3.51. The van der Waals surface area contributed by atoms with Gasteiger partial charge in [0.2, 0.25) is 0 Å². The van der Waals surface area contributed by atoms with E-state index < -0.39 is 0 Å². The highest BCUT2D eigenvalue weighted by Gasteiger charge is 2.13. The van der Waals surface area contributed by atoms with Gasteiger partial charge in [0.1, 0.15) is 0 Å². The van der Waals surface area contributed by atoms with Gasteiger partial charge >= 0.3 is 0 Å². The largest absolute Gasteiger partial charge is 0.0616 e. The maximum Gasteiger partial charge on any atom is -0.0105 e. The van der Waals surface area contributed by atoms with Crippen LogP contribution in [0.4, 0.5) is 0 Å². The van der Waals surface area contributed by atoms with E-state index in [0.29, 0.717) is 0 Å². The summed E-state index contributed by atoms with van der Waals surface area (Å²) in [5.74, 6) is 0. The third kappa shape index (κ3) is 3.15. The van der Waals surface area contributed by atoms with Crippen LogP contribution in [0.3, 0.4) is 0 Å². The van der Waals surface area contributed by atoms with Crippen molar-refractivity contribution in [3.05, 3.63) is 96.6 Å². The SMILES string of the molecule is CC(C)(C)c1ccc(-c2cccc(-c3cccc4ccccc34)c2)cc1. The summed E-state index contributed by atoms with van der Waals surface area (Å²) in [6.45, 7) is 6.76. The van der Waals surface area contributed by atoms with Crippen LogP contribution in [0.15, 0.2) is 91.0 Å². The van der Waals surface area contributed by atoms with Gasteiger partial charge in [0, 0.05) is 0 Å². The molecule has 4 rings (SSSR count). The summed E-state index contributed by atoms with van der Waals surface area (Å²) in [5, 5.41) is 2.58. The molecule has 0 heteroatoms. The summed E-state index contributed by atoms with van der Waals surface area (Å²) in [5.41, 5.74) is 6.63. The van der Waals surface area contributed by atoms with Gasteiger partial charge in [-0.2, -0.15) is 0 Å². The first-order chi connectivity index (χ1) is 12.5. The van der Waals surface area contributed by atoms with Crippen LogP contribution in [0.1, 0.15) is 26.3 Å². The Morgan fingerprint density at radius 2 is 1.19 bits per heavy atom. The molecular weight excluding hydrogens is 312 g/mol. The average Bonchev–Trinajstić information content (AvgIpc) is 2.67.